The summed E-state index contributed by atoms with van der Waals surface area (Å²) in [7, 11) is 1.67. The normalized spacial score (nSPS) is 12.2. The molecule has 1 atom stereocenters. The predicted octanol–water partition coefficient (Wildman–Crippen LogP) is 3.49. The highest BCUT2D eigenvalue weighted by molar-refractivity contribution is 9.10. The van der Waals surface area contributed by atoms with E-state index in [1.165, 1.54) is 5.56 Å². The molecule has 2 aromatic rings. The van der Waals surface area contributed by atoms with Crippen LogP contribution in [-0.4, -0.2) is 12.1 Å². The number of hydrogen-bond acceptors (Lipinski definition) is 3. The zero-order chi connectivity index (χ0) is 13.7. The summed E-state index contributed by atoms with van der Waals surface area (Å²) < 4.78 is 6.10. The van der Waals surface area contributed by atoms with Crippen LogP contribution in [0.2, 0.25) is 0 Å². The Morgan fingerprint density at radius 3 is 2.63 bits per heavy atom. The lowest BCUT2D eigenvalue weighted by atomic mass is 10.0. The van der Waals surface area contributed by atoms with Crippen LogP contribution in [0.3, 0.4) is 0 Å². The molecule has 0 aliphatic carbocycles. The summed E-state index contributed by atoms with van der Waals surface area (Å²) in [5, 5.41) is 0. The van der Waals surface area contributed by atoms with Crippen LogP contribution >= 0.6 is 15.9 Å². The van der Waals surface area contributed by atoms with Gasteiger partial charge >= 0.3 is 0 Å². The van der Waals surface area contributed by atoms with Crippen LogP contribution in [0.5, 0.6) is 5.75 Å². The number of aryl methyl sites for hydroxylation is 1. The molecule has 0 saturated carbocycles. The standard InChI is InChI=1S/C15H17BrN2O/c1-19-14-5-2-11(3-6-14)4-7-15(17)12-8-13(16)10-18-9-12/h2-3,5-6,8-10,15H,4,7,17H2,1H3. The summed E-state index contributed by atoms with van der Waals surface area (Å²) in [5.74, 6) is 0.879. The monoisotopic (exact) mass is 320 g/mol. The average Bonchev–Trinajstić information content (AvgIpc) is 2.45. The van der Waals surface area contributed by atoms with Gasteiger partial charge < -0.3 is 10.5 Å². The van der Waals surface area contributed by atoms with Crippen LogP contribution in [-0.2, 0) is 6.42 Å². The van der Waals surface area contributed by atoms with Crippen molar-refractivity contribution in [3.05, 3.63) is 58.3 Å². The molecule has 1 aromatic carbocycles. The van der Waals surface area contributed by atoms with Gasteiger partial charge in [0, 0.05) is 22.9 Å². The molecular formula is C15H17BrN2O. The minimum absolute atomic E-state index is 0.00658. The Labute approximate surface area is 121 Å². The molecule has 1 heterocycles. The van der Waals surface area contributed by atoms with E-state index < -0.39 is 0 Å². The van der Waals surface area contributed by atoms with E-state index in [4.69, 9.17) is 10.5 Å². The van der Waals surface area contributed by atoms with Crippen molar-refractivity contribution in [2.45, 2.75) is 18.9 Å². The lowest BCUT2D eigenvalue weighted by Crippen LogP contribution is -2.11. The minimum atomic E-state index is 0.00658. The molecule has 4 heteroatoms. The smallest absolute Gasteiger partial charge is 0.118 e. The number of halogens is 1. The number of methoxy groups -OCH3 is 1. The quantitative estimate of drug-likeness (QED) is 0.917. The number of ether oxygens (including phenoxy) is 1. The van der Waals surface area contributed by atoms with Crippen molar-refractivity contribution in [3.8, 4) is 5.75 Å². The molecule has 1 aromatic heterocycles. The summed E-state index contributed by atoms with van der Waals surface area (Å²) in [6, 6.07) is 10.1. The van der Waals surface area contributed by atoms with Crippen LogP contribution in [0.25, 0.3) is 0 Å². The second kappa shape index (κ2) is 6.68. The topological polar surface area (TPSA) is 48.1 Å². The van der Waals surface area contributed by atoms with Gasteiger partial charge in [-0.15, -0.1) is 0 Å². The van der Waals surface area contributed by atoms with Gasteiger partial charge in [-0.25, -0.2) is 0 Å². The Kier molecular flexibility index (Phi) is 4.93. The third kappa shape index (κ3) is 4.04. The lowest BCUT2D eigenvalue weighted by molar-refractivity contribution is 0.414. The van der Waals surface area contributed by atoms with Crippen molar-refractivity contribution < 1.29 is 4.74 Å². The number of pyridine rings is 1. The van der Waals surface area contributed by atoms with Crippen molar-refractivity contribution >= 4 is 15.9 Å². The highest BCUT2D eigenvalue weighted by Gasteiger charge is 2.07. The van der Waals surface area contributed by atoms with Gasteiger partial charge in [-0.1, -0.05) is 12.1 Å². The molecule has 2 N–H and O–H groups in total. The minimum Gasteiger partial charge on any atom is -0.497 e. The number of benzene rings is 1. The van der Waals surface area contributed by atoms with Crippen LogP contribution in [0, 0.1) is 0 Å². The van der Waals surface area contributed by atoms with Crippen molar-refractivity contribution in [2.24, 2.45) is 5.73 Å². The van der Waals surface area contributed by atoms with Crippen LogP contribution in [0.1, 0.15) is 23.6 Å². The maximum absolute atomic E-state index is 6.18. The van der Waals surface area contributed by atoms with Crippen LogP contribution < -0.4 is 10.5 Å². The van der Waals surface area contributed by atoms with E-state index in [1.807, 2.05) is 24.4 Å². The van der Waals surface area contributed by atoms with Gasteiger partial charge in [0.25, 0.3) is 0 Å². The largest absolute Gasteiger partial charge is 0.497 e. The Bertz CT molecular complexity index is 528. The molecular weight excluding hydrogens is 304 g/mol. The van der Waals surface area contributed by atoms with Gasteiger partial charge in [-0.05, 0) is 58.1 Å². The van der Waals surface area contributed by atoms with Gasteiger partial charge in [-0.3, -0.25) is 4.98 Å². The first-order valence-corrected chi connectivity index (χ1v) is 6.97. The molecule has 3 nitrogen and oxygen atoms in total. The maximum Gasteiger partial charge on any atom is 0.118 e. The Balaban J connectivity index is 1.94. The van der Waals surface area contributed by atoms with Gasteiger partial charge in [0.05, 0.1) is 7.11 Å². The van der Waals surface area contributed by atoms with Crippen LogP contribution in [0.15, 0.2) is 47.2 Å². The Morgan fingerprint density at radius 2 is 2.00 bits per heavy atom. The lowest BCUT2D eigenvalue weighted by Gasteiger charge is -2.12. The van der Waals surface area contributed by atoms with Crippen molar-refractivity contribution in [2.75, 3.05) is 7.11 Å². The third-order valence-corrected chi connectivity index (χ3v) is 3.49. The molecule has 0 spiro atoms. The number of rotatable bonds is 5. The highest BCUT2D eigenvalue weighted by atomic mass is 79.9. The molecule has 0 aliphatic heterocycles. The SMILES string of the molecule is COc1ccc(CCC(N)c2cncc(Br)c2)cc1. The summed E-state index contributed by atoms with van der Waals surface area (Å²) >= 11 is 3.41. The highest BCUT2D eigenvalue weighted by Crippen LogP contribution is 2.20. The molecule has 100 valence electrons. The zero-order valence-corrected chi connectivity index (χ0v) is 12.4. The maximum atomic E-state index is 6.18. The first-order chi connectivity index (χ1) is 9.19. The fraction of sp³-hybridized carbons (Fsp3) is 0.267. The Morgan fingerprint density at radius 1 is 1.26 bits per heavy atom. The molecule has 0 radical (unpaired) electrons. The number of hydrogen-bond donors (Lipinski definition) is 1. The molecule has 1 unspecified atom stereocenters. The molecule has 2 rings (SSSR count). The van der Waals surface area contributed by atoms with Crippen molar-refractivity contribution in [1.82, 2.24) is 4.98 Å². The first kappa shape index (κ1) is 14.0. The molecule has 0 aliphatic rings. The van der Waals surface area contributed by atoms with E-state index in [9.17, 15) is 0 Å². The Hall–Kier alpha value is -1.39. The number of nitrogens with two attached hydrogens (primary N) is 1. The molecule has 0 saturated heterocycles. The van der Waals surface area contributed by atoms with E-state index in [2.05, 4.69) is 33.0 Å². The van der Waals surface area contributed by atoms with Crippen molar-refractivity contribution in [1.29, 1.82) is 0 Å². The van der Waals surface area contributed by atoms with E-state index >= 15 is 0 Å². The number of nitrogens with zero attached hydrogens (tertiary/aromatic N) is 1. The zero-order valence-electron chi connectivity index (χ0n) is 10.8. The van der Waals surface area contributed by atoms with Gasteiger partial charge in [-0.2, -0.15) is 0 Å². The molecule has 0 fully saturated rings. The van der Waals surface area contributed by atoms with Gasteiger partial charge in [0.1, 0.15) is 5.75 Å². The first-order valence-electron chi connectivity index (χ1n) is 6.18. The third-order valence-electron chi connectivity index (χ3n) is 3.06. The average molecular weight is 321 g/mol. The van der Waals surface area contributed by atoms with Gasteiger partial charge in [0.2, 0.25) is 0 Å². The van der Waals surface area contributed by atoms with E-state index in [0.717, 1.165) is 28.6 Å². The second-order valence-electron chi connectivity index (χ2n) is 4.43. The van der Waals surface area contributed by atoms with Crippen LogP contribution in [0.4, 0.5) is 0 Å². The molecule has 0 bridgehead atoms. The van der Waals surface area contributed by atoms with Crippen molar-refractivity contribution in [3.63, 3.8) is 0 Å². The predicted molar refractivity (Wildman–Crippen MR) is 80.2 cm³/mol. The number of aromatic nitrogens is 1. The summed E-state index contributed by atoms with van der Waals surface area (Å²) in [5.41, 5.74) is 8.50. The second-order valence-corrected chi connectivity index (χ2v) is 5.35. The molecule has 19 heavy (non-hydrogen) atoms. The summed E-state index contributed by atoms with van der Waals surface area (Å²) in [6.45, 7) is 0. The summed E-state index contributed by atoms with van der Waals surface area (Å²) in [4.78, 5) is 4.14. The van der Waals surface area contributed by atoms with Gasteiger partial charge in [0.15, 0.2) is 0 Å². The van der Waals surface area contributed by atoms with E-state index in [-0.39, 0.29) is 6.04 Å². The molecule has 0 amide bonds. The van der Waals surface area contributed by atoms with E-state index in [1.54, 1.807) is 13.3 Å². The summed E-state index contributed by atoms with van der Waals surface area (Å²) in [6.07, 6.45) is 5.42. The van der Waals surface area contributed by atoms with E-state index in [0.29, 0.717) is 0 Å². The fourth-order valence-corrected chi connectivity index (χ4v) is 2.29. The fourth-order valence-electron chi connectivity index (χ4n) is 1.91.